The second kappa shape index (κ2) is 5.88. The van der Waals surface area contributed by atoms with E-state index in [1.165, 1.54) is 6.07 Å². The molecule has 0 saturated carbocycles. The summed E-state index contributed by atoms with van der Waals surface area (Å²) in [7, 11) is 0. The van der Waals surface area contributed by atoms with Gasteiger partial charge in [0.25, 0.3) is 0 Å². The maximum Gasteiger partial charge on any atom is 0.416 e. The molecule has 6 heteroatoms. The van der Waals surface area contributed by atoms with E-state index in [-0.39, 0.29) is 18.2 Å². The maximum absolute atomic E-state index is 12.9. The topological polar surface area (TPSA) is 21.3 Å². The number of benzene rings is 1. The molecule has 1 heterocycles. The van der Waals surface area contributed by atoms with Gasteiger partial charge in [-0.3, -0.25) is 0 Å². The number of ether oxygens (including phenoxy) is 1. The first-order valence-corrected chi connectivity index (χ1v) is 6.13. The molecule has 2 nitrogen and oxygen atoms in total. The summed E-state index contributed by atoms with van der Waals surface area (Å²) in [4.78, 5) is 0. The summed E-state index contributed by atoms with van der Waals surface area (Å²) in [6.07, 6.45) is -2.97. The Morgan fingerprint density at radius 2 is 1.89 bits per heavy atom. The van der Waals surface area contributed by atoms with Crippen LogP contribution >= 0.6 is 0 Å². The molecular weight excluding hydrogens is 262 g/mol. The average Bonchev–Trinajstić information content (AvgIpc) is 2.37. The largest absolute Gasteiger partial charge is 0.416 e. The van der Waals surface area contributed by atoms with Gasteiger partial charge < -0.3 is 10.1 Å². The molecule has 0 radical (unpaired) electrons. The Bertz CT molecular complexity index is 427. The highest BCUT2D eigenvalue weighted by molar-refractivity contribution is 5.30. The zero-order chi connectivity index (χ0) is 13.9. The van der Waals surface area contributed by atoms with E-state index < -0.39 is 17.6 Å². The zero-order valence-corrected chi connectivity index (χ0v) is 10.3. The summed E-state index contributed by atoms with van der Waals surface area (Å²) < 4.78 is 56.4. The van der Waals surface area contributed by atoms with Crippen molar-refractivity contribution in [1.29, 1.82) is 0 Å². The van der Waals surface area contributed by atoms with Crippen LogP contribution in [-0.2, 0) is 17.5 Å². The van der Waals surface area contributed by atoms with Crippen molar-refractivity contribution in [3.63, 3.8) is 0 Å². The Kier molecular flexibility index (Phi) is 4.42. The molecule has 1 aliphatic heterocycles. The van der Waals surface area contributed by atoms with Crippen LogP contribution in [0.15, 0.2) is 18.2 Å². The normalized spacial score (nSPS) is 17.7. The van der Waals surface area contributed by atoms with Gasteiger partial charge in [0.2, 0.25) is 0 Å². The number of hydrogen-bond donors (Lipinski definition) is 1. The van der Waals surface area contributed by atoms with Crippen LogP contribution in [0.2, 0.25) is 0 Å². The summed E-state index contributed by atoms with van der Waals surface area (Å²) in [6.45, 7) is 1.32. The lowest BCUT2D eigenvalue weighted by Gasteiger charge is -2.24. The third kappa shape index (κ3) is 3.91. The van der Waals surface area contributed by atoms with E-state index in [0.717, 1.165) is 18.9 Å². The van der Waals surface area contributed by atoms with Gasteiger partial charge in [-0.15, -0.1) is 0 Å². The Morgan fingerprint density at radius 1 is 1.21 bits per heavy atom. The van der Waals surface area contributed by atoms with Crippen molar-refractivity contribution >= 4 is 0 Å². The molecule has 1 aromatic rings. The molecule has 1 aromatic carbocycles. The third-order valence-electron chi connectivity index (χ3n) is 3.18. The summed E-state index contributed by atoms with van der Waals surface area (Å²) >= 11 is 0. The van der Waals surface area contributed by atoms with E-state index >= 15 is 0 Å². The molecule has 1 fully saturated rings. The number of rotatable bonds is 3. The lowest BCUT2D eigenvalue weighted by atomic mass is 10.0. The van der Waals surface area contributed by atoms with Gasteiger partial charge >= 0.3 is 6.18 Å². The molecule has 1 N–H and O–H groups in total. The Balaban J connectivity index is 2.06. The van der Waals surface area contributed by atoms with Crippen molar-refractivity contribution in [3.05, 3.63) is 35.1 Å². The highest BCUT2D eigenvalue weighted by atomic mass is 19.4. The van der Waals surface area contributed by atoms with Gasteiger partial charge in [0.15, 0.2) is 0 Å². The first kappa shape index (κ1) is 14.3. The first-order chi connectivity index (χ1) is 8.97. The Morgan fingerprint density at radius 3 is 2.53 bits per heavy atom. The molecule has 0 atom stereocenters. The molecule has 1 saturated heterocycles. The highest BCUT2D eigenvalue weighted by Gasteiger charge is 2.33. The maximum atomic E-state index is 12.9. The second-order valence-corrected chi connectivity index (χ2v) is 4.57. The average molecular weight is 277 g/mol. The third-order valence-corrected chi connectivity index (χ3v) is 3.18. The van der Waals surface area contributed by atoms with Gasteiger partial charge in [0.1, 0.15) is 5.82 Å². The van der Waals surface area contributed by atoms with E-state index in [9.17, 15) is 17.6 Å². The standard InChI is InChI=1S/C13H15F4NO/c14-10-2-1-9(12(7-10)13(15,16)17)8-18-11-3-5-19-6-4-11/h1-2,7,11,18H,3-6,8H2. The molecule has 0 unspecified atom stereocenters. The van der Waals surface area contributed by atoms with Crippen molar-refractivity contribution in [2.24, 2.45) is 0 Å². The molecule has 0 aliphatic carbocycles. The van der Waals surface area contributed by atoms with Crippen molar-refractivity contribution in [3.8, 4) is 0 Å². The minimum absolute atomic E-state index is 0.0698. The quantitative estimate of drug-likeness (QED) is 0.857. The van der Waals surface area contributed by atoms with Gasteiger partial charge in [-0.1, -0.05) is 6.07 Å². The fourth-order valence-corrected chi connectivity index (χ4v) is 2.12. The molecule has 106 valence electrons. The molecule has 0 aromatic heterocycles. The summed E-state index contributed by atoms with van der Waals surface area (Å²) in [5.74, 6) is -0.873. The molecule has 19 heavy (non-hydrogen) atoms. The molecule has 2 rings (SSSR count). The number of hydrogen-bond acceptors (Lipinski definition) is 2. The smallest absolute Gasteiger partial charge is 0.381 e. The fourth-order valence-electron chi connectivity index (χ4n) is 2.12. The lowest BCUT2D eigenvalue weighted by Crippen LogP contribution is -2.34. The van der Waals surface area contributed by atoms with Gasteiger partial charge in [0, 0.05) is 25.8 Å². The van der Waals surface area contributed by atoms with E-state index in [0.29, 0.717) is 19.3 Å². The predicted octanol–water partition coefficient (Wildman–Crippen LogP) is 3.11. The van der Waals surface area contributed by atoms with Crippen LogP contribution in [0.4, 0.5) is 17.6 Å². The molecule has 1 aliphatic rings. The monoisotopic (exact) mass is 277 g/mol. The summed E-state index contributed by atoms with van der Waals surface area (Å²) in [5.41, 5.74) is -0.840. The van der Waals surface area contributed by atoms with Crippen molar-refractivity contribution < 1.29 is 22.3 Å². The molecule has 0 bridgehead atoms. The Labute approximate surface area is 108 Å². The van der Waals surface area contributed by atoms with Gasteiger partial charge in [-0.2, -0.15) is 13.2 Å². The Hall–Kier alpha value is -1.14. The van der Waals surface area contributed by atoms with Crippen LogP contribution < -0.4 is 5.32 Å². The highest BCUT2D eigenvalue weighted by Crippen LogP contribution is 2.32. The van der Waals surface area contributed by atoms with Crippen LogP contribution in [0, 0.1) is 5.82 Å². The van der Waals surface area contributed by atoms with Gasteiger partial charge in [0.05, 0.1) is 5.56 Å². The second-order valence-electron chi connectivity index (χ2n) is 4.57. The van der Waals surface area contributed by atoms with Crippen LogP contribution in [-0.4, -0.2) is 19.3 Å². The van der Waals surface area contributed by atoms with E-state index in [1.807, 2.05) is 0 Å². The number of nitrogens with one attached hydrogen (secondary N) is 1. The van der Waals surface area contributed by atoms with E-state index in [2.05, 4.69) is 5.32 Å². The summed E-state index contributed by atoms with van der Waals surface area (Å²) in [6, 6.07) is 2.93. The van der Waals surface area contributed by atoms with Crippen LogP contribution in [0.25, 0.3) is 0 Å². The minimum Gasteiger partial charge on any atom is -0.381 e. The van der Waals surface area contributed by atoms with E-state index in [4.69, 9.17) is 4.74 Å². The van der Waals surface area contributed by atoms with E-state index in [1.54, 1.807) is 0 Å². The lowest BCUT2D eigenvalue weighted by molar-refractivity contribution is -0.138. The van der Waals surface area contributed by atoms with Gasteiger partial charge in [-0.25, -0.2) is 4.39 Å². The fraction of sp³-hybridized carbons (Fsp3) is 0.538. The molecule has 0 amide bonds. The van der Waals surface area contributed by atoms with Crippen molar-refractivity contribution in [2.45, 2.75) is 31.6 Å². The van der Waals surface area contributed by atoms with Crippen LogP contribution in [0.1, 0.15) is 24.0 Å². The number of alkyl halides is 3. The molecule has 0 spiro atoms. The van der Waals surface area contributed by atoms with Crippen LogP contribution in [0.3, 0.4) is 0 Å². The summed E-state index contributed by atoms with van der Waals surface area (Å²) in [5, 5.41) is 3.07. The predicted molar refractivity (Wildman–Crippen MR) is 62.1 cm³/mol. The zero-order valence-electron chi connectivity index (χ0n) is 10.3. The van der Waals surface area contributed by atoms with Crippen molar-refractivity contribution in [2.75, 3.05) is 13.2 Å². The SMILES string of the molecule is Fc1ccc(CNC2CCOCC2)c(C(F)(F)F)c1. The number of halogens is 4. The first-order valence-electron chi connectivity index (χ1n) is 6.13. The molecular formula is C13H15F4NO. The van der Waals surface area contributed by atoms with Crippen molar-refractivity contribution in [1.82, 2.24) is 5.32 Å². The minimum atomic E-state index is -4.53. The van der Waals surface area contributed by atoms with Crippen LogP contribution in [0.5, 0.6) is 0 Å². The van der Waals surface area contributed by atoms with Gasteiger partial charge in [-0.05, 0) is 30.5 Å².